The minimum atomic E-state index is 0.0282. The van der Waals surface area contributed by atoms with Gasteiger partial charge in [0.05, 0.1) is 13.2 Å². The van der Waals surface area contributed by atoms with Crippen LogP contribution in [0.25, 0.3) is 0 Å². The number of amides is 1. The first-order valence-corrected chi connectivity index (χ1v) is 6.17. The summed E-state index contributed by atoms with van der Waals surface area (Å²) in [5, 5.41) is 0. The summed E-state index contributed by atoms with van der Waals surface area (Å²) < 4.78 is 5.78. The third-order valence-corrected chi connectivity index (χ3v) is 3.26. The minimum absolute atomic E-state index is 0.0282. The SMILES string of the molecule is CCC(=O)N1CCO[C@H](c2ccccc2C)C1. The maximum atomic E-state index is 11.7. The van der Waals surface area contributed by atoms with Crippen LogP contribution >= 0.6 is 0 Å². The number of carbonyl (C=O) groups excluding carboxylic acids is 1. The number of ether oxygens (including phenoxy) is 1. The highest BCUT2D eigenvalue weighted by molar-refractivity contribution is 5.75. The molecule has 0 aromatic heterocycles. The van der Waals surface area contributed by atoms with Crippen LogP contribution in [0.2, 0.25) is 0 Å². The first kappa shape index (κ1) is 12.1. The van der Waals surface area contributed by atoms with Gasteiger partial charge in [-0.05, 0) is 18.1 Å². The molecule has 1 aliphatic heterocycles. The molecule has 1 saturated heterocycles. The van der Waals surface area contributed by atoms with E-state index in [1.807, 2.05) is 24.0 Å². The second-order valence-electron chi connectivity index (χ2n) is 4.41. The molecule has 1 heterocycles. The summed E-state index contributed by atoms with van der Waals surface area (Å²) in [4.78, 5) is 13.6. The zero-order valence-corrected chi connectivity index (χ0v) is 10.5. The van der Waals surface area contributed by atoms with Crippen molar-refractivity contribution in [1.29, 1.82) is 0 Å². The van der Waals surface area contributed by atoms with Gasteiger partial charge in [-0.15, -0.1) is 0 Å². The lowest BCUT2D eigenvalue weighted by molar-refractivity contribution is -0.138. The molecule has 1 aromatic carbocycles. The van der Waals surface area contributed by atoms with Gasteiger partial charge in [-0.2, -0.15) is 0 Å². The zero-order valence-electron chi connectivity index (χ0n) is 10.5. The first-order valence-electron chi connectivity index (χ1n) is 6.17. The lowest BCUT2D eigenvalue weighted by Gasteiger charge is -2.33. The fourth-order valence-corrected chi connectivity index (χ4v) is 2.24. The topological polar surface area (TPSA) is 29.5 Å². The average Bonchev–Trinajstić information content (AvgIpc) is 2.38. The molecule has 0 bridgehead atoms. The van der Waals surface area contributed by atoms with Crippen LogP contribution in [0.3, 0.4) is 0 Å². The number of rotatable bonds is 2. The fourth-order valence-electron chi connectivity index (χ4n) is 2.24. The summed E-state index contributed by atoms with van der Waals surface area (Å²) in [6, 6.07) is 8.21. The number of morpholine rings is 1. The summed E-state index contributed by atoms with van der Waals surface area (Å²) in [6.07, 6.45) is 0.598. The van der Waals surface area contributed by atoms with E-state index in [-0.39, 0.29) is 12.0 Å². The van der Waals surface area contributed by atoms with Gasteiger partial charge in [0.15, 0.2) is 0 Å². The number of carbonyl (C=O) groups is 1. The van der Waals surface area contributed by atoms with E-state index < -0.39 is 0 Å². The van der Waals surface area contributed by atoms with E-state index in [2.05, 4.69) is 19.1 Å². The molecule has 3 heteroatoms. The molecule has 1 aromatic rings. The average molecular weight is 233 g/mol. The molecule has 1 fully saturated rings. The van der Waals surface area contributed by atoms with E-state index in [9.17, 15) is 4.79 Å². The van der Waals surface area contributed by atoms with Gasteiger partial charge in [0.1, 0.15) is 6.10 Å². The molecule has 0 saturated carbocycles. The van der Waals surface area contributed by atoms with Crippen LogP contribution in [0.1, 0.15) is 30.6 Å². The molecule has 1 atom stereocenters. The Morgan fingerprint density at radius 2 is 2.24 bits per heavy atom. The summed E-state index contributed by atoms with van der Waals surface area (Å²) >= 11 is 0. The second kappa shape index (κ2) is 5.32. The summed E-state index contributed by atoms with van der Waals surface area (Å²) in [5.41, 5.74) is 2.42. The smallest absolute Gasteiger partial charge is 0.222 e. The van der Waals surface area contributed by atoms with Gasteiger partial charge < -0.3 is 9.64 Å². The molecule has 0 radical (unpaired) electrons. The predicted molar refractivity (Wildman–Crippen MR) is 66.7 cm³/mol. The van der Waals surface area contributed by atoms with Crippen molar-refractivity contribution in [2.24, 2.45) is 0 Å². The lowest BCUT2D eigenvalue weighted by atomic mass is 10.0. The summed E-state index contributed by atoms with van der Waals surface area (Å²) in [5.74, 6) is 0.215. The zero-order chi connectivity index (χ0) is 12.3. The Kier molecular flexibility index (Phi) is 3.79. The Morgan fingerprint density at radius 1 is 1.47 bits per heavy atom. The van der Waals surface area contributed by atoms with Crippen LogP contribution < -0.4 is 0 Å². The van der Waals surface area contributed by atoms with Crippen LogP contribution in [0.5, 0.6) is 0 Å². The molecule has 0 spiro atoms. The largest absolute Gasteiger partial charge is 0.370 e. The van der Waals surface area contributed by atoms with E-state index in [0.717, 1.165) is 6.54 Å². The van der Waals surface area contributed by atoms with Gasteiger partial charge in [0.25, 0.3) is 0 Å². The van der Waals surface area contributed by atoms with Crippen molar-refractivity contribution in [3.05, 3.63) is 35.4 Å². The van der Waals surface area contributed by atoms with Crippen LogP contribution in [0.15, 0.2) is 24.3 Å². The third kappa shape index (κ3) is 2.67. The highest BCUT2D eigenvalue weighted by Crippen LogP contribution is 2.25. The normalized spacial score (nSPS) is 20.4. The molecular weight excluding hydrogens is 214 g/mol. The molecule has 1 aliphatic rings. The third-order valence-electron chi connectivity index (χ3n) is 3.26. The van der Waals surface area contributed by atoms with Crippen molar-refractivity contribution in [2.75, 3.05) is 19.7 Å². The van der Waals surface area contributed by atoms with Gasteiger partial charge in [0, 0.05) is 13.0 Å². The summed E-state index contributed by atoms with van der Waals surface area (Å²) in [7, 11) is 0. The van der Waals surface area contributed by atoms with Gasteiger partial charge >= 0.3 is 0 Å². The quantitative estimate of drug-likeness (QED) is 0.784. The minimum Gasteiger partial charge on any atom is -0.370 e. The van der Waals surface area contributed by atoms with E-state index >= 15 is 0 Å². The lowest BCUT2D eigenvalue weighted by Crippen LogP contribution is -2.42. The maximum Gasteiger partial charge on any atom is 0.222 e. The van der Waals surface area contributed by atoms with Crippen molar-refractivity contribution < 1.29 is 9.53 Å². The molecule has 3 nitrogen and oxygen atoms in total. The van der Waals surface area contributed by atoms with Crippen LogP contribution in [-0.2, 0) is 9.53 Å². The van der Waals surface area contributed by atoms with Gasteiger partial charge in [-0.3, -0.25) is 4.79 Å². The first-order chi connectivity index (χ1) is 8.22. The second-order valence-corrected chi connectivity index (χ2v) is 4.41. The monoisotopic (exact) mass is 233 g/mol. The van der Waals surface area contributed by atoms with Gasteiger partial charge in [-0.25, -0.2) is 0 Å². The van der Waals surface area contributed by atoms with E-state index in [4.69, 9.17) is 4.74 Å². The molecule has 0 aliphatic carbocycles. The fraction of sp³-hybridized carbons (Fsp3) is 0.500. The Balaban J connectivity index is 2.12. The Bertz CT molecular complexity index is 403. The number of hydrogen-bond acceptors (Lipinski definition) is 2. The Morgan fingerprint density at radius 3 is 2.94 bits per heavy atom. The summed E-state index contributed by atoms with van der Waals surface area (Å²) in [6.45, 7) is 6.01. The number of benzene rings is 1. The molecule has 1 amide bonds. The standard InChI is InChI=1S/C14H19NO2/c1-3-14(16)15-8-9-17-13(10-15)12-7-5-4-6-11(12)2/h4-7,13H,3,8-10H2,1-2H3/t13-/m0/s1. The maximum absolute atomic E-state index is 11.7. The predicted octanol–water partition coefficient (Wildman–Crippen LogP) is 2.30. The Hall–Kier alpha value is -1.35. The molecular formula is C14H19NO2. The van der Waals surface area contributed by atoms with Crippen LogP contribution in [-0.4, -0.2) is 30.5 Å². The van der Waals surface area contributed by atoms with Crippen molar-refractivity contribution in [1.82, 2.24) is 4.90 Å². The highest BCUT2D eigenvalue weighted by atomic mass is 16.5. The van der Waals surface area contributed by atoms with Gasteiger partial charge in [-0.1, -0.05) is 31.2 Å². The van der Waals surface area contributed by atoms with Crippen molar-refractivity contribution >= 4 is 5.91 Å². The highest BCUT2D eigenvalue weighted by Gasteiger charge is 2.25. The number of hydrogen-bond donors (Lipinski definition) is 0. The van der Waals surface area contributed by atoms with Gasteiger partial charge in [0.2, 0.25) is 5.91 Å². The van der Waals surface area contributed by atoms with E-state index in [1.165, 1.54) is 11.1 Å². The molecule has 2 rings (SSSR count). The van der Waals surface area contributed by atoms with Crippen molar-refractivity contribution in [3.63, 3.8) is 0 Å². The van der Waals surface area contributed by atoms with Crippen molar-refractivity contribution in [2.45, 2.75) is 26.4 Å². The molecule has 0 N–H and O–H groups in total. The number of nitrogens with zero attached hydrogens (tertiary/aromatic N) is 1. The molecule has 17 heavy (non-hydrogen) atoms. The number of aryl methyl sites for hydroxylation is 1. The van der Waals surface area contributed by atoms with E-state index in [1.54, 1.807) is 0 Å². The molecule has 0 unspecified atom stereocenters. The Labute approximate surface area is 102 Å². The molecule has 92 valence electrons. The van der Waals surface area contributed by atoms with Crippen molar-refractivity contribution in [3.8, 4) is 0 Å². The van der Waals surface area contributed by atoms with Crippen LogP contribution in [0, 0.1) is 6.92 Å². The van der Waals surface area contributed by atoms with E-state index in [0.29, 0.717) is 19.6 Å². The van der Waals surface area contributed by atoms with Crippen LogP contribution in [0.4, 0.5) is 0 Å².